The maximum Gasteiger partial charge on any atom is 0.154 e. The van der Waals surface area contributed by atoms with E-state index in [2.05, 4.69) is 0 Å². The molecule has 0 unspecified atom stereocenters. The van der Waals surface area contributed by atoms with Crippen molar-refractivity contribution in [3.8, 4) is 0 Å². The highest BCUT2D eigenvalue weighted by molar-refractivity contribution is 7.90. The molecular weight excluding hydrogens is 241 g/mol. The summed E-state index contributed by atoms with van der Waals surface area (Å²) < 4.78 is 36.7. The number of rotatable bonds is 5. The van der Waals surface area contributed by atoms with E-state index < -0.39 is 15.7 Å². The molecule has 1 aromatic carbocycles. The Bertz CT molecular complexity index is 483. The van der Waals surface area contributed by atoms with Crippen molar-refractivity contribution in [3.05, 3.63) is 35.1 Å². The topological polar surface area (TPSA) is 60.2 Å². The smallest absolute Gasteiger partial charge is 0.154 e. The van der Waals surface area contributed by atoms with E-state index in [0.29, 0.717) is 11.1 Å². The van der Waals surface area contributed by atoms with Crippen molar-refractivity contribution >= 4 is 9.84 Å². The summed E-state index contributed by atoms with van der Waals surface area (Å²) in [6, 6.07) is 4.20. The first-order valence-corrected chi connectivity index (χ1v) is 7.33. The summed E-state index contributed by atoms with van der Waals surface area (Å²) in [7, 11) is -3.18. The number of halogens is 1. The van der Waals surface area contributed by atoms with Gasteiger partial charge < -0.3 is 5.73 Å². The van der Waals surface area contributed by atoms with Crippen LogP contribution in [0, 0.1) is 11.7 Å². The standard InChI is InChI=1S/C12H18FNO2S/c1-9(2)7-17(15,16)8-11-3-10(6-14)4-12(13)5-11/h3-5,9H,6-8,14H2,1-2H3. The molecule has 0 aromatic heterocycles. The second-order valence-electron chi connectivity index (χ2n) is 4.62. The van der Waals surface area contributed by atoms with Crippen molar-refractivity contribution in [2.75, 3.05) is 5.75 Å². The predicted molar refractivity (Wildman–Crippen MR) is 66.6 cm³/mol. The summed E-state index contributed by atoms with van der Waals surface area (Å²) in [4.78, 5) is 0. The molecule has 96 valence electrons. The molecule has 3 nitrogen and oxygen atoms in total. The number of sulfone groups is 1. The molecule has 1 rings (SSSR count). The largest absolute Gasteiger partial charge is 0.326 e. The molecule has 2 N–H and O–H groups in total. The lowest BCUT2D eigenvalue weighted by Gasteiger charge is -2.08. The Morgan fingerprint density at radius 1 is 1.24 bits per heavy atom. The maximum atomic E-state index is 13.2. The average Bonchev–Trinajstić information content (AvgIpc) is 2.13. The molecular formula is C12H18FNO2S. The third kappa shape index (κ3) is 4.83. The highest BCUT2D eigenvalue weighted by Crippen LogP contribution is 2.14. The van der Waals surface area contributed by atoms with Crippen molar-refractivity contribution in [2.45, 2.75) is 26.1 Å². The number of nitrogens with two attached hydrogens (primary N) is 1. The van der Waals surface area contributed by atoms with E-state index in [1.54, 1.807) is 6.07 Å². The van der Waals surface area contributed by atoms with E-state index in [4.69, 9.17) is 5.73 Å². The van der Waals surface area contributed by atoms with Crippen LogP contribution in [0.3, 0.4) is 0 Å². The number of hydrogen-bond donors (Lipinski definition) is 1. The molecule has 0 aliphatic heterocycles. The van der Waals surface area contributed by atoms with Gasteiger partial charge in [-0.15, -0.1) is 0 Å². The van der Waals surface area contributed by atoms with Crippen LogP contribution in [0.15, 0.2) is 18.2 Å². The Balaban J connectivity index is 2.91. The molecule has 17 heavy (non-hydrogen) atoms. The molecule has 0 spiro atoms. The zero-order valence-corrected chi connectivity index (χ0v) is 10.9. The van der Waals surface area contributed by atoms with Crippen LogP contribution >= 0.6 is 0 Å². The second kappa shape index (κ2) is 5.60. The van der Waals surface area contributed by atoms with Gasteiger partial charge in [0.25, 0.3) is 0 Å². The molecule has 0 saturated carbocycles. The van der Waals surface area contributed by atoms with Crippen LogP contribution in [0.1, 0.15) is 25.0 Å². The van der Waals surface area contributed by atoms with Gasteiger partial charge in [-0.2, -0.15) is 0 Å². The molecule has 0 heterocycles. The molecule has 0 bridgehead atoms. The molecule has 0 amide bonds. The predicted octanol–water partition coefficient (Wildman–Crippen LogP) is 1.86. The van der Waals surface area contributed by atoms with Crippen LogP contribution in [0.4, 0.5) is 4.39 Å². The van der Waals surface area contributed by atoms with Crippen molar-refractivity contribution in [2.24, 2.45) is 11.7 Å². The summed E-state index contributed by atoms with van der Waals surface area (Å²) in [6.07, 6.45) is 0. The van der Waals surface area contributed by atoms with Crippen LogP contribution in [-0.4, -0.2) is 14.2 Å². The summed E-state index contributed by atoms with van der Waals surface area (Å²) in [5, 5.41) is 0. The lowest BCUT2D eigenvalue weighted by Crippen LogP contribution is -2.14. The Morgan fingerprint density at radius 2 is 1.82 bits per heavy atom. The Hall–Kier alpha value is -0.940. The zero-order valence-electron chi connectivity index (χ0n) is 10.1. The van der Waals surface area contributed by atoms with E-state index in [9.17, 15) is 12.8 Å². The van der Waals surface area contributed by atoms with Crippen LogP contribution in [-0.2, 0) is 22.1 Å². The van der Waals surface area contributed by atoms with Crippen molar-refractivity contribution in [3.63, 3.8) is 0 Å². The fourth-order valence-electron chi connectivity index (χ4n) is 1.74. The molecule has 1 aromatic rings. The Kier molecular flexibility index (Phi) is 4.65. The maximum absolute atomic E-state index is 13.2. The third-order valence-corrected chi connectivity index (χ3v) is 4.17. The van der Waals surface area contributed by atoms with Crippen LogP contribution in [0.5, 0.6) is 0 Å². The fraction of sp³-hybridized carbons (Fsp3) is 0.500. The summed E-state index contributed by atoms with van der Waals surface area (Å²) in [5.74, 6) is -0.387. The van der Waals surface area contributed by atoms with Gasteiger partial charge in [0, 0.05) is 6.54 Å². The van der Waals surface area contributed by atoms with Crippen LogP contribution < -0.4 is 5.73 Å². The molecule has 0 fully saturated rings. The first-order valence-electron chi connectivity index (χ1n) is 5.51. The minimum absolute atomic E-state index is 0.0718. The van der Waals surface area contributed by atoms with Gasteiger partial charge in [-0.25, -0.2) is 12.8 Å². The average molecular weight is 259 g/mol. The van der Waals surface area contributed by atoms with E-state index in [-0.39, 0.29) is 24.0 Å². The van der Waals surface area contributed by atoms with Gasteiger partial charge in [-0.05, 0) is 29.2 Å². The zero-order chi connectivity index (χ0) is 13.1. The van der Waals surface area contributed by atoms with Crippen LogP contribution in [0.2, 0.25) is 0 Å². The number of hydrogen-bond acceptors (Lipinski definition) is 3. The summed E-state index contributed by atoms with van der Waals surface area (Å²) in [5.41, 5.74) is 6.49. The van der Waals surface area contributed by atoms with E-state index in [1.807, 2.05) is 13.8 Å². The van der Waals surface area contributed by atoms with Gasteiger partial charge in [0.1, 0.15) is 5.82 Å². The highest BCUT2D eigenvalue weighted by atomic mass is 32.2. The summed E-state index contributed by atoms with van der Waals surface area (Å²) >= 11 is 0. The third-order valence-electron chi connectivity index (χ3n) is 2.23. The second-order valence-corrected chi connectivity index (χ2v) is 6.73. The van der Waals surface area contributed by atoms with Gasteiger partial charge in [-0.1, -0.05) is 19.9 Å². The monoisotopic (exact) mass is 259 g/mol. The van der Waals surface area contributed by atoms with Gasteiger partial charge >= 0.3 is 0 Å². The minimum Gasteiger partial charge on any atom is -0.326 e. The first kappa shape index (κ1) is 14.1. The van der Waals surface area contributed by atoms with E-state index in [1.165, 1.54) is 12.1 Å². The fourth-order valence-corrected chi connectivity index (χ4v) is 3.55. The Labute approximate surface area is 102 Å². The Morgan fingerprint density at radius 3 is 2.35 bits per heavy atom. The van der Waals surface area contributed by atoms with Crippen molar-refractivity contribution in [1.82, 2.24) is 0 Å². The lowest BCUT2D eigenvalue weighted by molar-refractivity contribution is 0.581. The normalized spacial score (nSPS) is 12.1. The highest BCUT2D eigenvalue weighted by Gasteiger charge is 2.15. The van der Waals surface area contributed by atoms with E-state index >= 15 is 0 Å². The first-order chi connectivity index (χ1) is 7.82. The van der Waals surface area contributed by atoms with Crippen molar-refractivity contribution in [1.29, 1.82) is 0 Å². The minimum atomic E-state index is -3.18. The quantitative estimate of drug-likeness (QED) is 0.878. The van der Waals surface area contributed by atoms with Gasteiger partial charge in [0.2, 0.25) is 0 Å². The lowest BCUT2D eigenvalue weighted by atomic mass is 10.1. The number of benzene rings is 1. The van der Waals surface area contributed by atoms with Gasteiger partial charge in [0.05, 0.1) is 11.5 Å². The molecule has 0 aliphatic carbocycles. The van der Waals surface area contributed by atoms with Gasteiger partial charge in [0.15, 0.2) is 9.84 Å². The molecule has 0 atom stereocenters. The van der Waals surface area contributed by atoms with Crippen LogP contribution in [0.25, 0.3) is 0 Å². The van der Waals surface area contributed by atoms with Crippen molar-refractivity contribution < 1.29 is 12.8 Å². The molecule has 5 heteroatoms. The molecule has 0 radical (unpaired) electrons. The van der Waals surface area contributed by atoms with E-state index in [0.717, 1.165) is 0 Å². The van der Waals surface area contributed by atoms with Gasteiger partial charge in [-0.3, -0.25) is 0 Å². The SMILES string of the molecule is CC(C)CS(=O)(=O)Cc1cc(F)cc(CN)c1. The summed E-state index contributed by atoms with van der Waals surface area (Å²) in [6.45, 7) is 3.89. The molecule has 0 saturated heterocycles. The molecule has 0 aliphatic rings.